The van der Waals surface area contributed by atoms with Gasteiger partial charge in [-0.3, -0.25) is 4.98 Å². The van der Waals surface area contributed by atoms with E-state index in [4.69, 9.17) is 31.0 Å². The molecule has 40 heavy (non-hydrogen) atoms. The van der Waals surface area contributed by atoms with Gasteiger partial charge in [-0.1, -0.05) is 13.8 Å². The molecular formula is C33H41ClN4O2. The summed E-state index contributed by atoms with van der Waals surface area (Å²) in [5.74, 6) is 0.815. The van der Waals surface area contributed by atoms with Gasteiger partial charge in [0.25, 0.3) is 0 Å². The topological polar surface area (TPSA) is 75.8 Å². The first-order chi connectivity index (χ1) is 19.2. The second kappa shape index (κ2) is 11.9. The third kappa shape index (κ3) is 5.50. The van der Waals surface area contributed by atoms with Crippen molar-refractivity contribution in [2.24, 2.45) is 0 Å². The van der Waals surface area contributed by atoms with Crippen LogP contribution >= 0.6 is 11.6 Å². The van der Waals surface area contributed by atoms with Gasteiger partial charge in [-0.25, -0.2) is 4.98 Å². The predicted octanol–water partition coefficient (Wildman–Crippen LogP) is 8.04. The second-order valence-corrected chi connectivity index (χ2v) is 11.4. The van der Waals surface area contributed by atoms with E-state index in [9.17, 15) is 0 Å². The smallest absolute Gasteiger partial charge is 0.0821 e. The molecule has 0 saturated carbocycles. The van der Waals surface area contributed by atoms with Gasteiger partial charge in [0.15, 0.2) is 0 Å². The fourth-order valence-corrected chi connectivity index (χ4v) is 6.03. The number of aryl methyl sites for hydroxylation is 3. The van der Waals surface area contributed by atoms with E-state index in [0.29, 0.717) is 31.6 Å². The Kier molecular flexibility index (Phi) is 8.50. The number of aromatic nitrogens is 4. The lowest BCUT2D eigenvalue weighted by Gasteiger charge is -2.14. The molecule has 6 nitrogen and oxygen atoms in total. The number of hydrogen-bond acceptors (Lipinski definition) is 4. The van der Waals surface area contributed by atoms with Crippen LogP contribution < -0.4 is 0 Å². The van der Waals surface area contributed by atoms with Crippen LogP contribution in [0.5, 0.6) is 0 Å². The minimum atomic E-state index is -0.117. The van der Waals surface area contributed by atoms with Gasteiger partial charge in [0, 0.05) is 50.8 Å². The van der Waals surface area contributed by atoms with E-state index in [2.05, 4.69) is 82.7 Å². The summed E-state index contributed by atoms with van der Waals surface area (Å²) >= 11 is 5.75. The maximum absolute atomic E-state index is 6.26. The third-order valence-corrected chi connectivity index (χ3v) is 8.50. The average molecular weight is 561 g/mol. The number of halogens is 1. The Labute approximate surface area is 242 Å². The van der Waals surface area contributed by atoms with Gasteiger partial charge in [0.2, 0.25) is 0 Å². The Morgan fingerprint density at radius 2 is 1.68 bits per heavy atom. The van der Waals surface area contributed by atoms with E-state index >= 15 is 0 Å². The zero-order valence-corrected chi connectivity index (χ0v) is 25.6. The van der Waals surface area contributed by atoms with Crippen molar-refractivity contribution in [3.05, 3.63) is 68.8 Å². The molecule has 0 spiro atoms. The number of rotatable bonds is 8. The number of aromatic amines is 2. The highest BCUT2D eigenvalue weighted by atomic mass is 35.5. The van der Waals surface area contributed by atoms with Crippen LogP contribution in [0.25, 0.3) is 33.7 Å². The normalized spacial score (nSPS) is 15.9. The Bertz CT molecular complexity index is 1610. The summed E-state index contributed by atoms with van der Waals surface area (Å²) in [7, 11) is 0. The second-order valence-electron chi connectivity index (χ2n) is 11.1. The molecule has 8 bridgehead atoms. The Morgan fingerprint density at radius 3 is 2.42 bits per heavy atom. The Balaban J connectivity index is 1.79. The number of hydrogen-bond donors (Lipinski definition) is 2. The van der Waals surface area contributed by atoms with Crippen molar-refractivity contribution in [1.82, 2.24) is 19.9 Å². The minimum Gasteiger partial charge on any atom is -0.378 e. The molecule has 0 aliphatic carbocycles. The van der Waals surface area contributed by atoms with Crippen molar-refractivity contribution < 1.29 is 9.47 Å². The number of H-pyrrole nitrogens is 2. The van der Waals surface area contributed by atoms with E-state index < -0.39 is 0 Å². The highest BCUT2D eigenvalue weighted by Gasteiger charge is 2.21. The molecule has 5 heterocycles. The predicted molar refractivity (Wildman–Crippen MR) is 166 cm³/mol. The highest BCUT2D eigenvalue weighted by molar-refractivity contribution is 6.17. The number of nitrogens with one attached hydrogen (secondary N) is 2. The van der Waals surface area contributed by atoms with Gasteiger partial charge >= 0.3 is 0 Å². The third-order valence-electron chi connectivity index (χ3n) is 8.34. The fourth-order valence-electron chi connectivity index (χ4n) is 5.92. The zero-order valence-electron chi connectivity index (χ0n) is 24.8. The van der Waals surface area contributed by atoms with Gasteiger partial charge in [-0.05, 0) is 99.6 Å². The number of allylic oxidation sites excluding steroid dienone is 1. The van der Waals surface area contributed by atoms with Crippen LogP contribution in [0.3, 0.4) is 0 Å². The number of alkyl halides is 1. The summed E-state index contributed by atoms with van der Waals surface area (Å²) in [6.45, 7) is 16.8. The van der Waals surface area contributed by atoms with Crippen LogP contribution in [-0.4, -0.2) is 45.6 Å². The van der Waals surface area contributed by atoms with Crippen molar-refractivity contribution in [1.29, 1.82) is 0 Å². The molecule has 7 heteroatoms. The molecular weight excluding hydrogens is 520 g/mol. The summed E-state index contributed by atoms with van der Waals surface area (Å²) < 4.78 is 11.8. The number of nitrogens with zero attached hydrogens (tertiary/aromatic N) is 2. The van der Waals surface area contributed by atoms with Crippen molar-refractivity contribution >= 4 is 45.3 Å². The van der Waals surface area contributed by atoms with Gasteiger partial charge in [0.1, 0.15) is 0 Å². The van der Waals surface area contributed by atoms with Crippen molar-refractivity contribution in [3.8, 4) is 0 Å². The molecule has 0 amide bonds. The Morgan fingerprint density at radius 1 is 0.925 bits per heavy atom. The maximum Gasteiger partial charge on any atom is 0.0821 e. The monoisotopic (exact) mass is 560 g/mol. The lowest BCUT2D eigenvalue weighted by molar-refractivity contribution is 0.0155. The van der Waals surface area contributed by atoms with Crippen LogP contribution in [-0.2, 0) is 22.3 Å². The van der Waals surface area contributed by atoms with Crippen LogP contribution in [0.15, 0.2) is 18.2 Å². The van der Waals surface area contributed by atoms with Crippen molar-refractivity contribution in [2.45, 2.75) is 73.3 Å². The summed E-state index contributed by atoms with van der Waals surface area (Å²) in [6, 6.07) is 6.65. The minimum absolute atomic E-state index is 0.117. The van der Waals surface area contributed by atoms with Crippen molar-refractivity contribution in [2.75, 3.05) is 25.7 Å². The molecule has 2 N–H and O–H groups in total. The number of ether oxygens (including phenoxy) is 2. The highest BCUT2D eigenvalue weighted by Crippen LogP contribution is 2.34. The summed E-state index contributed by atoms with van der Waals surface area (Å²) in [4.78, 5) is 17.6. The van der Waals surface area contributed by atoms with E-state index in [-0.39, 0.29) is 6.10 Å². The molecule has 212 valence electrons. The first kappa shape index (κ1) is 28.6. The fraction of sp³-hybridized carbons (Fsp3) is 0.455. The number of fused-ring (bicyclic) bond motifs is 8. The van der Waals surface area contributed by atoms with Gasteiger partial charge in [-0.2, -0.15) is 0 Å². The summed E-state index contributed by atoms with van der Waals surface area (Å²) in [5.41, 5.74) is 15.8. The molecule has 2 aliphatic heterocycles. The molecule has 3 aromatic heterocycles. The molecule has 0 saturated heterocycles. The van der Waals surface area contributed by atoms with E-state index in [0.717, 1.165) is 68.8 Å². The van der Waals surface area contributed by atoms with Gasteiger partial charge in [-0.15, -0.1) is 11.6 Å². The SMILES string of the molecule is CCc1c(C)c2cc3[nH]c(cc4nc(c(C)c5nc(cc1[nH]2)C(C)=C5)CC4C)c(C)c3C(C)OCCOCCCl. The molecule has 0 radical (unpaired) electrons. The first-order valence-corrected chi connectivity index (χ1v) is 14.9. The zero-order chi connectivity index (χ0) is 28.6. The van der Waals surface area contributed by atoms with E-state index in [1.165, 1.54) is 22.3 Å². The maximum atomic E-state index is 6.26. The van der Waals surface area contributed by atoms with Crippen LogP contribution in [0.4, 0.5) is 0 Å². The molecule has 2 unspecified atom stereocenters. The molecule has 2 aliphatic rings. The first-order valence-electron chi connectivity index (χ1n) is 14.4. The van der Waals surface area contributed by atoms with Crippen LogP contribution in [0.1, 0.15) is 90.3 Å². The van der Waals surface area contributed by atoms with Gasteiger partial charge < -0.3 is 19.4 Å². The Hall–Kier alpha value is -2.93. The molecule has 3 aromatic rings. The van der Waals surface area contributed by atoms with Crippen molar-refractivity contribution in [3.63, 3.8) is 0 Å². The van der Waals surface area contributed by atoms with E-state index in [1.807, 2.05) is 0 Å². The quantitative estimate of drug-likeness (QED) is 0.216. The molecule has 2 atom stereocenters. The average Bonchev–Trinajstić information content (AvgIpc) is 3.64. The summed E-state index contributed by atoms with van der Waals surface area (Å²) in [6.07, 6.45) is 3.92. The molecule has 5 rings (SSSR count). The largest absolute Gasteiger partial charge is 0.378 e. The summed E-state index contributed by atoms with van der Waals surface area (Å²) in [5, 5.41) is 0. The van der Waals surface area contributed by atoms with Crippen LogP contribution in [0.2, 0.25) is 0 Å². The molecule has 0 fully saturated rings. The lowest BCUT2D eigenvalue weighted by atomic mass is 10.0. The van der Waals surface area contributed by atoms with Crippen LogP contribution in [0, 0.1) is 20.8 Å². The van der Waals surface area contributed by atoms with E-state index in [1.54, 1.807) is 0 Å². The standard InChI is InChI=1S/C33H41ClN4O2/c1-8-24-20(4)29-17-32-33(23(7)40-12-11-39-10-9-34)22(6)30(38-32)15-25-18(2)13-27(35-25)21(5)28-14-19(3)26(36-28)16-31(24)37-29/h14-18,23,37-38H,8-13H2,1-7H3. The lowest BCUT2D eigenvalue weighted by Crippen LogP contribution is -2.09. The van der Waals surface area contributed by atoms with Gasteiger partial charge in [0.05, 0.1) is 37.3 Å². The molecule has 0 aromatic carbocycles.